The van der Waals surface area contributed by atoms with Gasteiger partial charge in [-0.1, -0.05) is 18.2 Å². The van der Waals surface area contributed by atoms with Crippen molar-refractivity contribution < 1.29 is 5.11 Å². The maximum absolute atomic E-state index is 9.85. The van der Waals surface area contributed by atoms with Crippen molar-refractivity contribution in [3.8, 4) is 5.75 Å². The molecule has 0 unspecified atom stereocenters. The van der Waals surface area contributed by atoms with Crippen molar-refractivity contribution in [3.05, 3.63) is 47.8 Å². The Bertz CT molecular complexity index is 472. The molecule has 1 heterocycles. The third-order valence-corrected chi connectivity index (χ3v) is 3.19. The predicted molar refractivity (Wildman–Crippen MR) is 56.7 cm³/mol. The van der Waals surface area contributed by atoms with Gasteiger partial charge in [0.15, 0.2) is 0 Å². The topological polar surface area (TPSA) is 48.9 Å². The molecule has 2 N–H and O–H groups in total. The van der Waals surface area contributed by atoms with E-state index in [2.05, 4.69) is 10.2 Å². The summed E-state index contributed by atoms with van der Waals surface area (Å²) in [5.74, 6) is 0.379. The molecule has 0 spiro atoms. The molecule has 1 aliphatic rings. The van der Waals surface area contributed by atoms with Gasteiger partial charge in [-0.2, -0.15) is 5.10 Å². The van der Waals surface area contributed by atoms with Crippen molar-refractivity contribution in [2.24, 2.45) is 0 Å². The van der Waals surface area contributed by atoms with Gasteiger partial charge in [0.25, 0.3) is 0 Å². The number of phenols is 1. The van der Waals surface area contributed by atoms with Crippen LogP contribution >= 0.6 is 0 Å². The van der Waals surface area contributed by atoms with Crippen LogP contribution in [0.25, 0.3) is 0 Å². The first-order valence-corrected chi connectivity index (χ1v) is 5.11. The maximum Gasteiger partial charge on any atom is 0.119 e. The number of nitrogens with one attached hydrogen (secondary N) is 1. The van der Waals surface area contributed by atoms with Crippen LogP contribution in [0.2, 0.25) is 0 Å². The molecule has 0 bridgehead atoms. The molecule has 15 heavy (non-hydrogen) atoms. The third-order valence-electron chi connectivity index (χ3n) is 3.19. The smallest absolute Gasteiger partial charge is 0.119 e. The average molecular weight is 200 g/mol. The molecule has 0 atom stereocenters. The average Bonchev–Trinajstić information content (AvgIpc) is 2.87. The van der Waals surface area contributed by atoms with Gasteiger partial charge in [0, 0.05) is 22.9 Å². The second-order valence-electron chi connectivity index (χ2n) is 4.07. The number of H-pyrrole nitrogens is 1. The molecule has 0 saturated heterocycles. The van der Waals surface area contributed by atoms with Gasteiger partial charge in [-0.3, -0.25) is 5.10 Å². The van der Waals surface area contributed by atoms with Crippen LogP contribution in [0.15, 0.2) is 36.5 Å². The van der Waals surface area contributed by atoms with E-state index >= 15 is 0 Å². The quantitative estimate of drug-likeness (QED) is 0.780. The third kappa shape index (κ3) is 1.16. The molecule has 1 aromatic carbocycles. The molecule has 0 amide bonds. The van der Waals surface area contributed by atoms with E-state index in [1.807, 2.05) is 24.3 Å². The van der Waals surface area contributed by atoms with Crippen LogP contribution in [0.3, 0.4) is 0 Å². The van der Waals surface area contributed by atoms with E-state index in [9.17, 15) is 5.11 Å². The Hall–Kier alpha value is -1.77. The number of nitrogens with zero attached hydrogens (tertiary/aromatic N) is 1. The molecule has 1 fully saturated rings. The number of hydrogen-bond acceptors (Lipinski definition) is 2. The fraction of sp³-hybridized carbons (Fsp3) is 0.250. The molecule has 1 aliphatic carbocycles. The lowest BCUT2D eigenvalue weighted by molar-refractivity contribution is 0.463. The zero-order chi connectivity index (χ0) is 10.3. The molecule has 1 aromatic heterocycles. The summed E-state index contributed by atoms with van der Waals surface area (Å²) in [5, 5.41) is 16.8. The number of aromatic nitrogens is 2. The second kappa shape index (κ2) is 2.86. The predicted octanol–water partition coefficient (Wildman–Crippen LogP) is 2.20. The highest BCUT2D eigenvalue weighted by molar-refractivity contribution is 5.48. The Morgan fingerprint density at radius 2 is 2.00 bits per heavy atom. The number of aromatic hydroxyl groups is 1. The number of rotatable bonds is 2. The molecule has 2 aromatic rings. The van der Waals surface area contributed by atoms with E-state index in [0.29, 0.717) is 5.75 Å². The molecular weight excluding hydrogens is 188 g/mol. The number of para-hydroxylation sites is 1. The van der Waals surface area contributed by atoms with Crippen LogP contribution in [-0.4, -0.2) is 15.3 Å². The standard InChI is InChI=1S/C12H12N2O/c15-10-4-2-1-3-9(10)12(6-7-12)11-5-8-13-14-11/h1-5,8,15H,6-7H2,(H,13,14). The van der Waals surface area contributed by atoms with E-state index in [1.54, 1.807) is 12.3 Å². The molecule has 76 valence electrons. The van der Waals surface area contributed by atoms with Crippen LogP contribution in [0.5, 0.6) is 5.75 Å². The normalized spacial score (nSPS) is 17.6. The zero-order valence-electron chi connectivity index (χ0n) is 8.27. The monoisotopic (exact) mass is 200 g/mol. The van der Waals surface area contributed by atoms with E-state index in [0.717, 1.165) is 24.1 Å². The van der Waals surface area contributed by atoms with Crippen molar-refractivity contribution >= 4 is 0 Å². The van der Waals surface area contributed by atoms with Crippen LogP contribution in [0.4, 0.5) is 0 Å². The summed E-state index contributed by atoms with van der Waals surface area (Å²) in [6, 6.07) is 9.53. The van der Waals surface area contributed by atoms with Crippen LogP contribution in [0.1, 0.15) is 24.1 Å². The summed E-state index contributed by atoms with van der Waals surface area (Å²) in [6.07, 6.45) is 3.91. The summed E-state index contributed by atoms with van der Waals surface area (Å²) in [7, 11) is 0. The number of benzene rings is 1. The Balaban J connectivity index is 2.12. The lowest BCUT2D eigenvalue weighted by atomic mass is 9.92. The van der Waals surface area contributed by atoms with Crippen LogP contribution < -0.4 is 0 Å². The first-order valence-electron chi connectivity index (χ1n) is 5.11. The minimum atomic E-state index is -0.0121. The molecule has 1 saturated carbocycles. The molecular formula is C12H12N2O. The summed E-state index contributed by atoms with van der Waals surface area (Å²) in [6.45, 7) is 0. The van der Waals surface area contributed by atoms with Crippen LogP contribution in [0, 0.1) is 0 Å². The van der Waals surface area contributed by atoms with Gasteiger partial charge >= 0.3 is 0 Å². The van der Waals surface area contributed by atoms with E-state index < -0.39 is 0 Å². The van der Waals surface area contributed by atoms with Gasteiger partial charge < -0.3 is 5.11 Å². The van der Waals surface area contributed by atoms with Crippen molar-refractivity contribution in [1.29, 1.82) is 0 Å². The molecule has 3 rings (SSSR count). The Morgan fingerprint density at radius 1 is 1.20 bits per heavy atom. The van der Waals surface area contributed by atoms with Gasteiger partial charge in [0.2, 0.25) is 0 Å². The lowest BCUT2D eigenvalue weighted by Crippen LogP contribution is -2.09. The summed E-state index contributed by atoms with van der Waals surface area (Å²) in [5.41, 5.74) is 2.10. The van der Waals surface area contributed by atoms with Gasteiger partial charge in [0.1, 0.15) is 5.75 Å². The highest BCUT2D eigenvalue weighted by Crippen LogP contribution is 2.54. The second-order valence-corrected chi connectivity index (χ2v) is 4.07. The largest absolute Gasteiger partial charge is 0.508 e. The fourth-order valence-corrected chi connectivity index (χ4v) is 2.21. The number of phenolic OH excluding ortho intramolecular Hbond substituents is 1. The van der Waals surface area contributed by atoms with Crippen LogP contribution in [-0.2, 0) is 5.41 Å². The van der Waals surface area contributed by atoms with Gasteiger partial charge in [-0.15, -0.1) is 0 Å². The highest BCUT2D eigenvalue weighted by atomic mass is 16.3. The molecule has 0 radical (unpaired) electrons. The minimum Gasteiger partial charge on any atom is -0.508 e. The first-order chi connectivity index (χ1) is 7.33. The lowest BCUT2D eigenvalue weighted by Gasteiger charge is -2.14. The SMILES string of the molecule is Oc1ccccc1C1(c2ccn[nH]2)CC1. The van der Waals surface area contributed by atoms with E-state index in [1.165, 1.54) is 0 Å². The molecule has 0 aliphatic heterocycles. The van der Waals surface area contributed by atoms with Gasteiger partial charge in [-0.25, -0.2) is 0 Å². The minimum absolute atomic E-state index is 0.0121. The number of hydrogen-bond donors (Lipinski definition) is 2. The van der Waals surface area contributed by atoms with Crippen molar-refractivity contribution in [2.45, 2.75) is 18.3 Å². The Labute approximate surface area is 87.8 Å². The van der Waals surface area contributed by atoms with E-state index in [4.69, 9.17) is 0 Å². The van der Waals surface area contributed by atoms with Crippen molar-refractivity contribution in [1.82, 2.24) is 10.2 Å². The Kier molecular flexibility index (Phi) is 1.63. The maximum atomic E-state index is 9.85. The first kappa shape index (κ1) is 8.53. The summed E-state index contributed by atoms with van der Waals surface area (Å²) in [4.78, 5) is 0. The van der Waals surface area contributed by atoms with Gasteiger partial charge in [-0.05, 0) is 25.0 Å². The molecule has 3 heteroatoms. The fourth-order valence-electron chi connectivity index (χ4n) is 2.21. The highest BCUT2D eigenvalue weighted by Gasteiger charge is 2.48. The summed E-state index contributed by atoms with van der Waals surface area (Å²) >= 11 is 0. The van der Waals surface area contributed by atoms with Crippen molar-refractivity contribution in [3.63, 3.8) is 0 Å². The Morgan fingerprint density at radius 3 is 2.60 bits per heavy atom. The summed E-state index contributed by atoms with van der Waals surface area (Å²) < 4.78 is 0. The van der Waals surface area contributed by atoms with Gasteiger partial charge in [0.05, 0.1) is 0 Å². The number of aromatic amines is 1. The molecule has 3 nitrogen and oxygen atoms in total. The zero-order valence-corrected chi connectivity index (χ0v) is 8.27. The van der Waals surface area contributed by atoms with E-state index in [-0.39, 0.29) is 5.41 Å². The van der Waals surface area contributed by atoms with Crippen molar-refractivity contribution in [2.75, 3.05) is 0 Å².